The Labute approximate surface area is 86.0 Å². The van der Waals surface area contributed by atoms with Gasteiger partial charge in [0.2, 0.25) is 5.91 Å². The normalized spacial score (nSPS) is 27.8. The van der Waals surface area contributed by atoms with E-state index >= 15 is 0 Å². The van der Waals surface area contributed by atoms with Crippen molar-refractivity contribution in [2.45, 2.75) is 31.8 Å². The van der Waals surface area contributed by atoms with Crippen molar-refractivity contribution in [3.63, 3.8) is 0 Å². The minimum absolute atomic E-state index is 0.0295. The van der Waals surface area contributed by atoms with Crippen LogP contribution in [0.2, 0.25) is 0 Å². The molecule has 0 aromatic heterocycles. The van der Waals surface area contributed by atoms with Gasteiger partial charge < -0.3 is 15.5 Å². The van der Waals surface area contributed by atoms with Crippen molar-refractivity contribution in [3.05, 3.63) is 0 Å². The lowest BCUT2D eigenvalue weighted by Crippen LogP contribution is -2.39. The second-order valence-corrected chi connectivity index (χ2v) is 4.35. The minimum Gasteiger partial charge on any atom is -0.338 e. The highest BCUT2D eigenvalue weighted by atomic mass is 16.2. The molecule has 1 amide bonds. The summed E-state index contributed by atoms with van der Waals surface area (Å²) in [5, 5.41) is 0. The van der Waals surface area contributed by atoms with Gasteiger partial charge >= 0.3 is 0 Å². The fourth-order valence-electron chi connectivity index (χ4n) is 1.83. The van der Waals surface area contributed by atoms with Crippen LogP contribution >= 0.6 is 0 Å². The minimum atomic E-state index is 0.0295. The Bertz CT molecular complexity index is 206. The molecule has 1 saturated heterocycles. The molecule has 1 rings (SSSR count). The molecule has 1 aliphatic heterocycles. The van der Waals surface area contributed by atoms with Crippen molar-refractivity contribution in [2.75, 3.05) is 27.2 Å². The van der Waals surface area contributed by atoms with Gasteiger partial charge in [0, 0.05) is 25.0 Å². The summed E-state index contributed by atoms with van der Waals surface area (Å²) in [6, 6.07) is 0.242. The van der Waals surface area contributed by atoms with Crippen LogP contribution in [0.1, 0.15) is 19.8 Å². The standard InChI is InChI=1S/C10H21N3O/c1-8-9(11)7-10(14)13(8)6-4-5-12(2)3/h8-9H,4-7,11H2,1-3H3. The lowest BCUT2D eigenvalue weighted by Gasteiger charge is -2.23. The molecule has 2 unspecified atom stereocenters. The molecule has 0 saturated carbocycles. The Balaban J connectivity index is 2.33. The smallest absolute Gasteiger partial charge is 0.224 e. The lowest BCUT2D eigenvalue weighted by atomic mass is 10.2. The summed E-state index contributed by atoms with van der Waals surface area (Å²) in [7, 11) is 4.09. The number of rotatable bonds is 4. The molecule has 4 heteroatoms. The monoisotopic (exact) mass is 199 g/mol. The van der Waals surface area contributed by atoms with Gasteiger partial charge in [0.15, 0.2) is 0 Å². The van der Waals surface area contributed by atoms with Gasteiger partial charge in [-0.1, -0.05) is 0 Å². The first kappa shape index (κ1) is 11.5. The van der Waals surface area contributed by atoms with E-state index in [9.17, 15) is 4.79 Å². The predicted octanol–water partition coefficient (Wildman–Crippen LogP) is -0.114. The zero-order valence-corrected chi connectivity index (χ0v) is 9.36. The van der Waals surface area contributed by atoms with Crippen LogP contribution in [-0.2, 0) is 4.79 Å². The number of amides is 1. The molecule has 14 heavy (non-hydrogen) atoms. The van der Waals surface area contributed by atoms with E-state index in [2.05, 4.69) is 4.90 Å². The molecule has 1 aliphatic rings. The van der Waals surface area contributed by atoms with Gasteiger partial charge in [-0.2, -0.15) is 0 Å². The maximum atomic E-state index is 11.5. The summed E-state index contributed by atoms with van der Waals surface area (Å²) in [6.07, 6.45) is 1.54. The molecule has 0 aromatic rings. The summed E-state index contributed by atoms with van der Waals surface area (Å²) in [5.41, 5.74) is 5.82. The maximum Gasteiger partial charge on any atom is 0.224 e. The molecule has 82 valence electrons. The fourth-order valence-corrected chi connectivity index (χ4v) is 1.83. The molecule has 0 aromatic carbocycles. The Kier molecular flexibility index (Phi) is 3.89. The van der Waals surface area contributed by atoms with Gasteiger partial charge in [-0.3, -0.25) is 4.79 Å². The zero-order chi connectivity index (χ0) is 10.7. The molecule has 2 atom stereocenters. The van der Waals surface area contributed by atoms with E-state index in [1.807, 2.05) is 25.9 Å². The van der Waals surface area contributed by atoms with Crippen LogP contribution in [0.5, 0.6) is 0 Å². The van der Waals surface area contributed by atoms with Crippen molar-refractivity contribution in [3.8, 4) is 0 Å². The van der Waals surface area contributed by atoms with Crippen molar-refractivity contribution in [1.29, 1.82) is 0 Å². The number of nitrogens with zero attached hydrogens (tertiary/aromatic N) is 2. The molecule has 0 spiro atoms. The summed E-state index contributed by atoms with van der Waals surface area (Å²) >= 11 is 0. The quantitative estimate of drug-likeness (QED) is 0.687. The fraction of sp³-hybridized carbons (Fsp3) is 0.900. The summed E-state index contributed by atoms with van der Waals surface area (Å²) in [4.78, 5) is 15.5. The van der Waals surface area contributed by atoms with Crippen LogP contribution in [0, 0.1) is 0 Å². The van der Waals surface area contributed by atoms with Crippen molar-refractivity contribution in [1.82, 2.24) is 9.80 Å². The number of carbonyl (C=O) groups excluding carboxylic acids is 1. The van der Waals surface area contributed by atoms with E-state index in [0.717, 1.165) is 19.5 Å². The first-order valence-electron chi connectivity index (χ1n) is 5.22. The highest BCUT2D eigenvalue weighted by molar-refractivity contribution is 5.79. The van der Waals surface area contributed by atoms with E-state index in [1.165, 1.54) is 0 Å². The van der Waals surface area contributed by atoms with Crippen LogP contribution in [0.4, 0.5) is 0 Å². The van der Waals surface area contributed by atoms with E-state index in [4.69, 9.17) is 5.73 Å². The van der Waals surface area contributed by atoms with Gasteiger partial charge in [-0.25, -0.2) is 0 Å². The Morgan fingerprint density at radius 2 is 2.21 bits per heavy atom. The molecule has 0 bridgehead atoms. The number of nitrogens with two attached hydrogens (primary N) is 1. The number of carbonyl (C=O) groups is 1. The Morgan fingerprint density at radius 3 is 2.64 bits per heavy atom. The summed E-state index contributed by atoms with van der Waals surface area (Å²) < 4.78 is 0. The second-order valence-electron chi connectivity index (χ2n) is 4.35. The van der Waals surface area contributed by atoms with Crippen LogP contribution in [0.25, 0.3) is 0 Å². The third-order valence-electron chi connectivity index (χ3n) is 2.85. The number of hydrogen-bond donors (Lipinski definition) is 1. The van der Waals surface area contributed by atoms with Crippen LogP contribution < -0.4 is 5.73 Å². The van der Waals surface area contributed by atoms with Crippen molar-refractivity contribution in [2.24, 2.45) is 5.73 Å². The average molecular weight is 199 g/mol. The molecule has 0 aliphatic carbocycles. The number of hydrogen-bond acceptors (Lipinski definition) is 3. The van der Waals surface area contributed by atoms with E-state index in [1.54, 1.807) is 0 Å². The van der Waals surface area contributed by atoms with Crippen molar-refractivity contribution < 1.29 is 4.79 Å². The molecular weight excluding hydrogens is 178 g/mol. The third kappa shape index (κ3) is 2.69. The van der Waals surface area contributed by atoms with Gasteiger partial charge in [-0.15, -0.1) is 0 Å². The SMILES string of the molecule is CC1C(N)CC(=O)N1CCCN(C)C. The van der Waals surface area contributed by atoms with E-state index in [-0.39, 0.29) is 18.0 Å². The third-order valence-corrected chi connectivity index (χ3v) is 2.85. The highest BCUT2D eigenvalue weighted by Gasteiger charge is 2.33. The first-order chi connectivity index (χ1) is 6.52. The summed E-state index contributed by atoms with van der Waals surface area (Å²) in [5.74, 6) is 0.212. The lowest BCUT2D eigenvalue weighted by molar-refractivity contribution is -0.128. The highest BCUT2D eigenvalue weighted by Crippen LogP contribution is 2.17. The van der Waals surface area contributed by atoms with Crippen LogP contribution in [-0.4, -0.2) is 55.0 Å². The number of likely N-dealkylation sites (tertiary alicyclic amines) is 1. The predicted molar refractivity (Wildman–Crippen MR) is 56.9 cm³/mol. The van der Waals surface area contributed by atoms with Crippen LogP contribution in [0.15, 0.2) is 0 Å². The zero-order valence-electron chi connectivity index (χ0n) is 9.36. The van der Waals surface area contributed by atoms with Gasteiger partial charge in [-0.05, 0) is 34.0 Å². The first-order valence-corrected chi connectivity index (χ1v) is 5.22. The molecule has 1 fully saturated rings. The average Bonchev–Trinajstić information content (AvgIpc) is 2.31. The Hall–Kier alpha value is -0.610. The van der Waals surface area contributed by atoms with Crippen LogP contribution in [0.3, 0.4) is 0 Å². The molecule has 2 N–H and O–H groups in total. The van der Waals surface area contributed by atoms with Gasteiger partial charge in [0.25, 0.3) is 0 Å². The van der Waals surface area contributed by atoms with Crippen molar-refractivity contribution >= 4 is 5.91 Å². The Morgan fingerprint density at radius 1 is 1.57 bits per heavy atom. The van der Waals surface area contributed by atoms with Gasteiger partial charge in [0.1, 0.15) is 0 Å². The largest absolute Gasteiger partial charge is 0.338 e. The second kappa shape index (κ2) is 4.75. The molecular formula is C10H21N3O. The summed E-state index contributed by atoms with van der Waals surface area (Å²) in [6.45, 7) is 3.89. The van der Waals surface area contributed by atoms with E-state index in [0.29, 0.717) is 6.42 Å². The topological polar surface area (TPSA) is 49.6 Å². The maximum absolute atomic E-state index is 11.5. The molecule has 1 heterocycles. The van der Waals surface area contributed by atoms with E-state index < -0.39 is 0 Å². The van der Waals surface area contributed by atoms with Gasteiger partial charge in [0.05, 0.1) is 0 Å². The molecule has 4 nitrogen and oxygen atoms in total. The molecule has 0 radical (unpaired) electrons.